The predicted octanol–water partition coefficient (Wildman–Crippen LogP) is 4.31. The van der Waals surface area contributed by atoms with Gasteiger partial charge in [0, 0.05) is 41.2 Å². The van der Waals surface area contributed by atoms with Gasteiger partial charge in [-0.25, -0.2) is 0 Å². The predicted molar refractivity (Wildman–Crippen MR) is 101 cm³/mol. The zero-order chi connectivity index (χ0) is 17.7. The zero-order valence-electron chi connectivity index (χ0n) is 14.6. The summed E-state index contributed by atoms with van der Waals surface area (Å²) in [6, 6.07) is 8.02. The number of hydrogen-bond donors (Lipinski definition) is 1. The molecule has 0 fully saturated rings. The molecule has 0 aliphatic rings. The number of rotatable bonds is 8. The van der Waals surface area contributed by atoms with Gasteiger partial charge in [-0.3, -0.25) is 4.79 Å². The van der Waals surface area contributed by atoms with Gasteiger partial charge >= 0.3 is 0 Å². The van der Waals surface area contributed by atoms with Crippen LogP contribution >= 0.6 is 15.9 Å². The van der Waals surface area contributed by atoms with E-state index in [4.69, 9.17) is 10.5 Å². The van der Waals surface area contributed by atoms with E-state index < -0.39 is 0 Å². The summed E-state index contributed by atoms with van der Waals surface area (Å²) in [7, 11) is 0. The van der Waals surface area contributed by atoms with Crippen molar-refractivity contribution >= 4 is 21.8 Å². The van der Waals surface area contributed by atoms with E-state index in [9.17, 15) is 4.79 Å². The Labute approximate surface area is 152 Å². The Morgan fingerprint density at radius 1 is 1.25 bits per heavy atom. The number of halogens is 1. The van der Waals surface area contributed by atoms with Crippen LogP contribution in [0.3, 0.4) is 0 Å². The lowest BCUT2D eigenvalue weighted by Crippen LogP contribution is -2.13. The maximum atomic E-state index is 12.1. The molecule has 1 amide bonds. The highest BCUT2D eigenvalue weighted by Gasteiger charge is 2.23. The van der Waals surface area contributed by atoms with Crippen molar-refractivity contribution in [3.05, 3.63) is 45.7 Å². The summed E-state index contributed by atoms with van der Waals surface area (Å²) in [5, 5.41) is 0. The third kappa shape index (κ3) is 3.90. The largest absolute Gasteiger partial charge is 0.382 e. The molecule has 0 aliphatic carbocycles. The van der Waals surface area contributed by atoms with Crippen molar-refractivity contribution in [3.63, 3.8) is 0 Å². The molecule has 130 valence electrons. The maximum absolute atomic E-state index is 12.1. The van der Waals surface area contributed by atoms with Crippen molar-refractivity contribution in [2.45, 2.75) is 40.2 Å². The number of ether oxygens (including phenoxy) is 1. The summed E-state index contributed by atoms with van der Waals surface area (Å²) in [5.74, 6) is -0.372. The smallest absolute Gasteiger partial charge is 0.251 e. The third-order valence-corrected chi connectivity index (χ3v) is 4.75. The van der Waals surface area contributed by atoms with Crippen molar-refractivity contribution in [2.24, 2.45) is 5.73 Å². The summed E-state index contributed by atoms with van der Waals surface area (Å²) < 4.78 is 8.67. The SMILES string of the molecule is CCOCCCn1c(C)c(C(N)=O)c(-c2ccc(Br)cc2)c1CC. The van der Waals surface area contributed by atoms with Crippen molar-refractivity contribution < 1.29 is 9.53 Å². The molecule has 2 N–H and O–H groups in total. The Hall–Kier alpha value is -1.59. The second-order valence-corrected chi connectivity index (χ2v) is 6.62. The molecule has 1 aromatic heterocycles. The molecule has 0 saturated carbocycles. The molecule has 2 rings (SSSR count). The summed E-state index contributed by atoms with van der Waals surface area (Å²) >= 11 is 3.46. The highest BCUT2D eigenvalue weighted by Crippen LogP contribution is 2.34. The molecule has 2 aromatic rings. The fraction of sp³-hybridized carbons (Fsp3) is 0.421. The summed E-state index contributed by atoms with van der Waals surface area (Å²) in [6.45, 7) is 8.35. The van der Waals surface area contributed by atoms with Crippen molar-refractivity contribution in [1.29, 1.82) is 0 Å². The monoisotopic (exact) mass is 392 g/mol. The van der Waals surface area contributed by atoms with Gasteiger partial charge in [-0.2, -0.15) is 0 Å². The van der Waals surface area contributed by atoms with Crippen LogP contribution in [-0.2, 0) is 17.7 Å². The van der Waals surface area contributed by atoms with Crippen molar-refractivity contribution in [1.82, 2.24) is 4.57 Å². The molecular formula is C19H25BrN2O2. The molecule has 0 unspecified atom stereocenters. The lowest BCUT2D eigenvalue weighted by molar-refractivity contribution is 0.1000. The van der Waals surface area contributed by atoms with E-state index in [1.54, 1.807) is 0 Å². The third-order valence-electron chi connectivity index (χ3n) is 4.22. The van der Waals surface area contributed by atoms with Gasteiger partial charge in [0.1, 0.15) is 0 Å². The van der Waals surface area contributed by atoms with E-state index in [1.165, 1.54) is 0 Å². The molecule has 0 bridgehead atoms. The van der Waals surface area contributed by atoms with Crippen LogP contribution in [0.25, 0.3) is 11.1 Å². The Balaban J connectivity index is 2.51. The van der Waals surface area contributed by atoms with E-state index in [1.807, 2.05) is 38.1 Å². The lowest BCUT2D eigenvalue weighted by Gasteiger charge is -2.12. The van der Waals surface area contributed by atoms with Gasteiger partial charge in [-0.15, -0.1) is 0 Å². The molecule has 4 nitrogen and oxygen atoms in total. The number of carbonyl (C=O) groups is 1. The summed E-state index contributed by atoms with van der Waals surface area (Å²) in [4.78, 5) is 12.1. The Morgan fingerprint density at radius 2 is 1.92 bits per heavy atom. The summed E-state index contributed by atoms with van der Waals surface area (Å²) in [5.41, 5.74) is 10.4. The van der Waals surface area contributed by atoms with Crippen LogP contribution in [0.5, 0.6) is 0 Å². The van der Waals surface area contributed by atoms with Gasteiger partial charge in [0.15, 0.2) is 0 Å². The molecule has 5 heteroatoms. The van der Waals surface area contributed by atoms with Crippen LogP contribution in [0.15, 0.2) is 28.7 Å². The van der Waals surface area contributed by atoms with Crippen molar-refractivity contribution in [2.75, 3.05) is 13.2 Å². The standard InChI is InChI=1S/C19H25BrN2O2/c1-4-16-18(14-7-9-15(20)10-8-14)17(19(21)23)13(3)22(16)11-6-12-24-5-2/h7-10H,4-6,11-12H2,1-3H3,(H2,21,23). The van der Waals surface area contributed by atoms with Gasteiger partial charge in [0.25, 0.3) is 5.91 Å². The highest BCUT2D eigenvalue weighted by atomic mass is 79.9. The number of hydrogen-bond acceptors (Lipinski definition) is 2. The van der Waals surface area contributed by atoms with Gasteiger partial charge in [0.2, 0.25) is 0 Å². The first-order valence-electron chi connectivity index (χ1n) is 8.36. The molecule has 0 atom stereocenters. The van der Waals surface area contributed by atoms with Gasteiger partial charge < -0.3 is 15.0 Å². The quantitative estimate of drug-likeness (QED) is 0.680. The van der Waals surface area contributed by atoms with Crippen LogP contribution in [0.2, 0.25) is 0 Å². The molecule has 1 aromatic carbocycles. The Kier molecular flexibility index (Phi) is 6.63. The average Bonchev–Trinajstić information content (AvgIpc) is 2.84. The first kappa shape index (κ1) is 18.7. The van der Waals surface area contributed by atoms with Crippen LogP contribution in [0.1, 0.15) is 42.0 Å². The van der Waals surface area contributed by atoms with E-state index in [2.05, 4.69) is 27.4 Å². The van der Waals surface area contributed by atoms with E-state index >= 15 is 0 Å². The molecule has 0 saturated heterocycles. The number of nitrogens with two attached hydrogens (primary N) is 1. The second kappa shape index (κ2) is 8.49. The topological polar surface area (TPSA) is 57.2 Å². The highest BCUT2D eigenvalue weighted by molar-refractivity contribution is 9.10. The lowest BCUT2D eigenvalue weighted by atomic mass is 9.99. The number of benzene rings is 1. The normalized spacial score (nSPS) is 11.0. The number of amides is 1. The number of nitrogens with zero attached hydrogens (tertiary/aromatic N) is 1. The first-order valence-corrected chi connectivity index (χ1v) is 9.15. The van der Waals surface area contributed by atoms with Crippen LogP contribution in [0, 0.1) is 6.92 Å². The zero-order valence-corrected chi connectivity index (χ0v) is 16.1. The Bertz CT molecular complexity index is 705. The number of primary amides is 1. The fourth-order valence-corrected chi connectivity index (χ4v) is 3.43. The van der Waals surface area contributed by atoms with Gasteiger partial charge in [-0.05, 0) is 44.4 Å². The minimum Gasteiger partial charge on any atom is -0.382 e. The van der Waals surface area contributed by atoms with Crippen molar-refractivity contribution in [3.8, 4) is 11.1 Å². The molecule has 0 aliphatic heterocycles. The molecule has 0 spiro atoms. The van der Waals surface area contributed by atoms with E-state index in [-0.39, 0.29) is 5.91 Å². The number of carbonyl (C=O) groups excluding carboxylic acids is 1. The first-order chi connectivity index (χ1) is 11.5. The second-order valence-electron chi connectivity index (χ2n) is 5.71. The fourth-order valence-electron chi connectivity index (χ4n) is 3.17. The molecule has 1 heterocycles. The average molecular weight is 393 g/mol. The van der Waals surface area contributed by atoms with Gasteiger partial charge in [-0.1, -0.05) is 35.0 Å². The summed E-state index contributed by atoms with van der Waals surface area (Å²) in [6.07, 6.45) is 1.75. The van der Waals surface area contributed by atoms with E-state index in [0.29, 0.717) is 5.56 Å². The van der Waals surface area contributed by atoms with Gasteiger partial charge in [0.05, 0.1) is 5.56 Å². The molecular weight excluding hydrogens is 368 g/mol. The number of aromatic nitrogens is 1. The Morgan fingerprint density at radius 3 is 2.46 bits per heavy atom. The van der Waals surface area contributed by atoms with E-state index in [0.717, 1.165) is 59.6 Å². The minimum atomic E-state index is -0.372. The van der Waals surface area contributed by atoms with Crippen LogP contribution in [-0.4, -0.2) is 23.7 Å². The molecule has 24 heavy (non-hydrogen) atoms. The van der Waals surface area contributed by atoms with Crippen LogP contribution < -0.4 is 5.73 Å². The van der Waals surface area contributed by atoms with Crippen LogP contribution in [0.4, 0.5) is 0 Å². The minimum absolute atomic E-state index is 0.372. The maximum Gasteiger partial charge on any atom is 0.251 e. The molecule has 0 radical (unpaired) electrons.